The summed E-state index contributed by atoms with van der Waals surface area (Å²) in [5, 5.41) is 5.97. The number of rotatable bonds is 5. The molecule has 76 valence electrons. The minimum absolute atomic E-state index is 0.0668. The molecular weight excluding hydrogens is 164 g/mol. The van der Waals surface area contributed by atoms with E-state index in [4.69, 9.17) is 0 Å². The van der Waals surface area contributed by atoms with E-state index in [0.29, 0.717) is 6.04 Å². The second-order valence-corrected chi connectivity index (χ2v) is 3.91. The maximum atomic E-state index is 11.4. The highest BCUT2D eigenvalue weighted by Crippen LogP contribution is 2.34. The molecule has 3 nitrogen and oxygen atoms in total. The summed E-state index contributed by atoms with van der Waals surface area (Å²) in [6, 6.07) is 0.395. The van der Waals surface area contributed by atoms with Gasteiger partial charge in [-0.3, -0.25) is 4.79 Å². The summed E-state index contributed by atoms with van der Waals surface area (Å²) >= 11 is 0. The van der Waals surface area contributed by atoms with Gasteiger partial charge in [0.05, 0.1) is 6.04 Å². The van der Waals surface area contributed by atoms with Gasteiger partial charge in [-0.2, -0.15) is 0 Å². The second-order valence-electron chi connectivity index (χ2n) is 3.91. The Labute approximate surface area is 80.3 Å². The fourth-order valence-electron chi connectivity index (χ4n) is 1.55. The standard InChI is InChI=1S/C10H20N2O/c1-4-5-8-6-9(8)12-10(13)7(2)11-3/h7-9,11H,4-6H2,1-3H3,(H,12,13). The van der Waals surface area contributed by atoms with Gasteiger partial charge in [-0.15, -0.1) is 0 Å². The van der Waals surface area contributed by atoms with Crippen LogP contribution in [0.1, 0.15) is 33.1 Å². The predicted octanol–water partition coefficient (Wildman–Crippen LogP) is 0.899. The number of carbonyl (C=O) groups excluding carboxylic acids is 1. The molecule has 0 aliphatic heterocycles. The monoisotopic (exact) mass is 184 g/mol. The Bertz CT molecular complexity index is 182. The molecule has 1 amide bonds. The fraction of sp³-hybridized carbons (Fsp3) is 0.900. The molecule has 0 spiro atoms. The van der Waals surface area contributed by atoms with E-state index in [-0.39, 0.29) is 11.9 Å². The Morgan fingerprint density at radius 2 is 2.31 bits per heavy atom. The van der Waals surface area contributed by atoms with Gasteiger partial charge in [-0.05, 0) is 32.7 Å². The van der Waals surface area contributed by atoms with Crippen LogP contribution in [0.4, 0.5) is 0 Å². The van der Waals surface area contributed by atoms with Crippen LogP contribution in [0.25, 0.3) is 0 Å². The summed E-state index contributed by atoms with van der Waals surface area (Å²) in [5.74, 6) is 0.879. The second kappa shape index (κ2) is 4.61. The van der Waals surface area contributed by atoms with E-state index in [9.17, 15) is 4.79 Å². The van der Waals surface area contributed by atoms with Crippen LogP contribution >= 0.6 is 0 Å². The van der Waals surface area contributed by atoms with Gasteiger partial charge in [-0.25, -0.2) is 0 Å². The van der Waals surface area contributed by atoms with E-state index in [1.165, 1.54) is 19.3 Å². The summed E-state index contributed by atoms with van der Waals surface area (Å²) in [4.78, 5) is 11.4. The largest absolute Gasteiger partial charge is 0.352 e. The molecule has 0 bridgehead atoms. The van der Waals surface area contributed by atoms with Crippen molar-refractivity contribution >= 4 is 5.91 Å². The first-order valence-corrected chi connectivity index (χ1v) is 5.16. The van der Waals surface area contributed by atoms with Crippen molar-refractivity contribution in [3.05, 3.63) is 0 Å². The molecule has 1 fully saturated rings. The Kier molecular flexibility index (Phi) is 3.72. The highest BCUT2D eigenvalue weighted by molar-refractivity contribution is 5.81. The molecule has 3 unspecified atom stereocenters. The van der Waals surface area contributed by atoms with E-state index < -0.39 is 0 Å². The number of hydrogen-bond donors (Lipinski definition) is 2. The lowest BCUT2D eigenvalue weighted by Crippen LogP contribution is -2.41. The molecule has 0 aromatic rings. The molecule has 1 saturated carbocycles. The van der Waals surface area contributed by atoms with E-state index in [0.717, 1.165) is 5.92 Å². The van der Waals surface area contributed by atoms with Gasteiger partial charge in [0.1, 0.15) is 0 Å². The minimum atomic E-state index is -0.0668. The van der Waals surface area contributed by atoms with E-state index in [2.05, 4.69) is 17.6 Å². The zero-order chi connectivity index (χ0) is 9.84. The smallest absolute Gasteiger partial charge is 0.237 e. The number of hydrogen-bond acceptors (Lipinski definition) is 2. The number of carbonyl (C=O) groups is 1. The highest BCUT2D eigenvalue weighted by atomic mass is 16.2. The normalized spacial score (nSPS) is 28.2. The van der Waals surface area contributed by atoms with Gasteiger partial charge in [0.25, 0.3) is 0 Å². The van der Waals surface area contributed by atoms with E-state index in [1.54, 1.807) is 7.05 Å². The SMILES string of the molecule is CCCC1CC1NC(=O)C(C)NC. The number of nitrogens with one attached hydrogen (secondary N) is 2. The van der Waals surface area contributed by atoms with Crippen molar-refractivity contribution in [2.45, 2.75) is 45.2 Å². The van der Waals surface area contributed by atoms with Crippen LogP contribution in [-0.4, -0.2) is 25.0 Å². The average molecular weight is 184 g/mol. The summed E-state index contributed by atoms with van der Waals surface area (Å²) in [7, 11) is 1.81. The van der Waals surface area contributed by atoms with Gasteiger partial charge in [0.15, 0.2) is 0 Å². The molecule has 0 aromatic heterocycles. The van der Waals surface area contributed by atoms with Crippen molar-refractivity contribution in [1.82, 2.24) is 10.6 Å². The zero-order valence-electron chi connectivity index (χ0n) is 8.76. The van der Waals surface area contributed by atoms with Gasteiger partial charge in [-0.1, -0.05) is 13.3 Å². The lowest BCUT2D eigenvalue weighted by atomic mass is 10.2. The van der Waals surface area contributed by atoms with Crippen LogP contribution < -0.4 is 10.6 Å². The van der Waals surface area contributed by atoms with Crippen molar-refractivity contribution < 1.29 is 4.79 Å². The molecule has 1 aliphatic rings. The lowest BCUT2D eigenvalue weighted by Gasteiger charge is -2.10. The molecule has 1 aliphatic carbocycles. The van der Waals surface area contributed by atoms with Crippen molar-refractivity contribution in [2.24, 2.45) is 5.92 Å². The zero-order valence-corrected chi connectivity index (χ0v) is 8.76. The van der Waals surface area contributed by atoms with Crippen molar-refractivity contribution in [1.29, 1.82) is 0 Å². The molecular formula is C10H20N2O. The van der Waals surface area contributed by atoms with Gasteiger partial charge >= 0.3 is 0 Å². The molecule has 0 saturated heterocycles. The fourth-order valence-corrected chi connectivity index (χ4v) is 1.55. The van der Waals surface area contributed by atoms with E-state index >= 15 is 0 Å². The third-order valence-corrected chi connectivity index (χ3v) is 2.74. The number of likely N-dealkylation sites (N-methyl/N-ethyl adjacent to an activating group) is 1. The van der Waals surface area contributed by atoms with Crippen LogP contribution in [0, 0.1) is 5.92 Å². The summed E-state index contributed by atoms with van der Waals surface area (Å²) < 4.78 is 0. The molecule has 3 atom stereocenters. The van der Waals surface area contributed by atoms with Crippen LogP contribution in [-0.2, 0) is 4.79 Å². The summed E-state index contributed by atoms with van der Waals surface area (Å²) in [6.07, 6.45) is 3.65. The van der Waals surface area contributed by atoms with Crippen LogP contribution in [0.5, 0.6) is 0 Å². The molecule has 2 N–H and O–H groups in total. The first-order chi connectivity index (χ1) is 6.19. The number of amides is 1. The van der Waals surface area contributed by atoms with Crippen LogP contribution in [0.2, 0.25) is 0 Å². The van der Waals surface area contributed by atoms with Gasteiger partial charge < -0.3 is 10.6 Å². The molecule has 1 rings (SSSR count). The maximum Gasteiger partial charge on any atom is 0.237 e. The minimum Gasteiger partial charge on any atom is -0.352 e. The van der Waals surface area contributed by atoms with Gasteiger partial charge in [0.2, 0.25) is 5.91 Å². The molecule has 0 radical (unpaired) electrons. The Morgan fingerprint density at radius 3 is 2.85 bits per heavy atom. The topological polar surface area (TPSA) is 41.1 Å². The van der Waals surface area contributed by atoms with Crippen LogP contribution in [0.3, 0.4) is 0 Å². The Hall–Kier alpha value is -0.570. The third kappa shape index (κ3) is 2.99. The summed E-state index contributed by atoms with van der Waals surface area (Å²) in [6.45, 7) is 4.07. The first-order valence-electron chi connectivity index (χ1n) is 5.16. The third-order valence-electron chi connectivity index (χ3n) is 2.74. The Morgan fingerprint density at radius 1 is 1.62 bits per heavy atom. The molecule has 0 heterocycles. The van der Waals surface area contributed by atoms with E-state index in [1.807, 2.05) is 6.92 Å². The van der Waals surface area contributed by atoms with Crippen molar-refractivity contribution in [3.63, 3.8) is 0 Å². The lowest BCUT2D eigenvalue weighted by molar-refractivity contribution is -0.122. The Balaban J connectivity index is 2.16. The predicted molar refractivity (Wildman–Crippen MR) is 53.5 cm³/mol. The summed E-state index contributed by atoms with van der Waals surface area (Å²) in [5.41, 5.74) is 0. The van der Waals surface area contributed by atoms with Crippen LogP contribution in [0.15, 0.2) is 0 Å². The molecule has 0 aromatic carbocycles. The average Bonchev–Trinajstić information content (AvgIpc) is 2.83. The van der Waals surface area contributed by atoms with Crippen molar-refractivity contribution in [2.75, 3.05) is 7.05 Å². The van der Waals surface area contributed by atoms with Crippen molar-refractivity contribution in [3.8, 4) is 0 Å². The maximum absolute atomic E-state index is 11.4. The molecule has 3 heteroatoms. The van der Waals surface area contributed by atoms with Gasteiger partial charge in [0, 0.05) is 6.04 Å². The quantitative estimate of drug-likeness (QED) is 0.666. The molecule has 13 heavy (non-hydrogen) atoms. The first kappa shape index (κ1) is 10.5. The highest BCUT2D eigenvalue weighted by Gasteiger charge is 2.37.